The average Bonchev–Trinajstić information content (AvgIpc) is 3.28. The summed E-state index contributed by atoms with van der Waals surface area (Å²) in [6.07, 6.45) is 6.81. The highest BCUT2D eigenvalue weighted by Gasteiger charge is 2.29. The molecular weight excluding hydrogens is 400 g/mol. The maximum absolute atomic E-state index is 12.8. The molecule has 7 heteroatoms. The molecule has 0 N–H and O–H groups in total. The average molecular weight is 425 g/mol. The summed E-state index contributed by atoms with van der Waals surface area (Å²) in [4.78, 5) is 23.2. The Morgan fingerprint density at radius 1 is 1.27 bits per heavy atom. The van der Waals surface area contributed by atoms with Gasteiger partial charge in [-0.05, 0) is 43.4 Å². The van der Waals surface area contributed by atoms with Crippen LogP contribution in [-0.2, 0) is 6.42 Å². The van der Waals surface area contributed by atoms with Crippen LogP contribution in [-0.4, -0.2) is 39.0 Å². The van der Waals surface area contributed by atoms with E-state index in [0.717, 1.165) is 24.8 Å². The smallest absolute Gasteiger partial charge is 0.254 e. The highest BCUT2D eigenvalue weighted by atomic mass is 35.5. The molecule has 0 radical (unpaired) electrons. The van der Waals surface area contributed by atoms with Crippen LogP contribution in [0.15, 0.2) is 47.1 Å². The van der Waals surface area contributed by atoms with E-state index in [1.165, 1.54) is 18.4 Å². The molecule has 0 bridgehead atoms. The van der Waals surface area contributed by atoms with E-state index in [0.29, 0.717) is 35.5 Å². The summed E-state index contributed by atoms with van der Waals surface area (Å²) in [6, 6.07) is 11.6. The summed E-state index contributed by atoms with van der Waals surface area (Å²) in [6.45, 7) is 3.45. The molecule has 4 rings (SSSR count). The van der Waals surface area contributed by atoms with Gasteiger partial charge in [0.25, 0.3) is 5.91 Å². The maximum atomic E-state index is 12.8. The summed E-state index contributed by atoms with van der Waals surface area (Å²) in [5.41, 5.74) is 2.81. The number of carbonyl (C=O) groups is 1. The summed E-state index contributed by atoms with van der Waals surface area (Å²) in [7, 11) is 0. The minimum absolute atomic E-state index is 0.0325. The van der Waals surface area contributed by atoms with Gasteiger partial charge in [0.15, 0.2) is 0 Å². The number of hydrogen-bond donors (Lipinski definition) is 0. The first kappa shape index (κ1) is 20.5. The molecule has 1 aliphatic heterocycles. The van der Waals surface area contributed by atoms with E-state index >= 15 is 0 Å². The van der Waals surface area contributed by atoms with E-state index in [-0.39, 0.29) is 11.8 Å². The molecule has 3 aromatic rings. The molecule has 0 spiro atoms. The fourth-order valence-corrected chi connectivity index (χ4v) is 3.97. The van der Waals surface area contributed by atoms with Gasteiger partial charge in [-0.15, -0.1) is 0 Å². The number of halogens is 1. The van der Waals surface area contributed by atoms with E-state index in [9.17, 15) is 4.79 Å². The third-order valence-corrected chi connectivity index (χ3v) is 5.71. The highest BCUT2D eigenvalue weighted by molar-refractivity contribution is 6.29. The van der Waals surface area contributed by atoms with Crippen molar-refractivity contribution in [1.29, 1.82) is 0 Å². The molecule has 156 valence electrons. The van der Waals surface area contributed by atoms with Crippen LogP contribution in [0.5, 0.6) is 0 Å². The zero-order valence-electron chi connectivity index (χ0n) is 17.1. The van der Waals surface area contributed by atoms with E-state index in [2.05, 4.69) is 34.2 Å². The molecule has 1 unspecified atom stereocenters. The van der Waals surface area contributed by atoms with Crippen molar-refractivity contribution in [3.8, 4) is 11.4 Å². The van der Waals surface area contributed by atoms with Crippen LogP contribution in [0.4, 0.5) is 0 Å². The largest absolute Gasteiger partial charge is 0.339 e. The van der Waals surface area contributed by atoms with Crippen LogP contribution < -0.4 is 0 Å². The van der Waals surface area contributed by atoms with E-state index in [1.807, 2.05) is 17.0 Å². The van der Waals surface area contributed by atoms with Crippen molar-refractivity contribution in [2.24, 2.45) is 0 Å². The molecule has 0 saturated carbocycles. The number of aryl methyl sites for hydroxylation is 1. The zero-order valence-corrected chi connectivity index (χ0v) is 17.8. The number of likely N-dealkylation sites (tertiary alicyclic amines) is 1. The number of piperidine rings is 1. The second-order valence-electron chi connectivity index (χ2n) is 7.71. The molecule has 1 saturated heterocycles. The third-order valence-electron chi connectivity index (χ3n) is 5.50. The van der Waals surface area contributed by atoms with Gasteiger partial charge in [-0.25, -0.2) is 4.98 Å². The normalized spacial score (nSPS) is 16.6. The number of hydrogen-bond acceptors (Lipinski definition) is 5. The molecule has 6 nitrogen and oxygen atoms in total. The Kier molecular flexibility index (Phi) is 6.43. The molecule has 30 heavy (non-hydrogen) atoms. The Bertz CT molecular complexity index is 1000. The minimum atomic E-state index is -0.0496. The zero-order chi connectivity index (χ0) is 20.9. The van der Waals surface area contributed by atoms with Gasteiger partial charge < -0.3 is 9.42 Å². The third kappa shape index (κ3) is 4.70. The topological polar surface area (TPSA) is 72.1 Å². The number of nitrogens with zero attached hydrogens (tertiary/aromatic N) is 4. The van der Waals surface area contributed by atoms with Crippen molar-refractivity contribution >= 4 is 17.5 Å². The lowest BCUT2D eigenvalue weighted by atomic mass is 9.97. The van der Waals surface area contributed by atoms with Gasteiger partial charge in [0.2, 0.25) is 11.7 Å². The van der Waals surface area contributed by atoms with Crippen molar-refractivity contribution in [3.05, 3.63) is 64.8 Å². The molecular formula is C23H25ClN4O2. The van der Waals surface area contributed by atoms with Gasteiger partial charge in [-0.2, -0.15) is 4.98 Å². The Morgan fingerprint density at radius 3 is 2.87 bits per heavy atom. The Morgan fingerprint density at radius 2 is 2.10 bits per heavy atom. The first-order valence-corrected chi connectivity index (χ1v) is 10.9. The van der Waals surface area contributed by atoms with Crippen LogP contribution in [0.25, 0.3) is 11.4 Å². The standard InChI is InChI=1S/C23H25ClN4O2/c1-2-3-5-16-7-9-17(10-8-16)21-26-22(30-27-21)19-6-4-13-28(15-19)23(29)18-11-12-25-20(24)14-18/h7-12,14,19H,2-6,13,15H2,1H3. The van der Waals surface area contributed by atoms with Gasteiger partial charge in [0, 0.05) is 30.4 Å². The molecule has 1 aliphatic rings. The summed E-state index contributed by atoms with van der Waals surface area (Å²) in [5.74, 6) is 1.17. The van der Waals surface area contributed by atoms with E-state index < -0.39 is 0 Å². The van der Waals surface area contributed by atoms with Crippen molar-refractivity contribution < 1.29 is 9.32 Å². The quantitative estimate of drug-likeness (QED) is 0.512. The summed E-state index contributed by atoms with van der Waals surface area (Å²) in [5, 5.41) is 4.49. The predicted octanol–water partition coefficient (Wildman–Crippen LogP) is 5.15. The second kappa shape index (κ2) is 9.39. The Labute approximate surface area is 181 Å². The number of pyridine rings is 1. The summed E-state index contributed by atoms with van der Waals surface area (Å²) >= 11 is 5.93. The highest BCUT2D eigenvalue weighted by Crippen LogP contribution is 2.28. The van der Waals surface area contributed by atoms with Crippen molar-refractivity contribution in [2.45, 2.75) is 44.9 Å². The van der Waals surface area contributed by atoms with E-state index in [1.54, 1.807) is 18.3 Å². The van der Waals surface area contributed by atoms with Crippen LogP contribution in [0.2, 0.25) is 5.15 Å². The number of benzene rings is 1. The SMILES string of the molecule is CCCCc1ccc(-c2noc(C3CCCN(C(=O)c4ccnc(Cl)c4)C3)n2)cc1. The number of aromatic nitrogens is 3. The maximum Gasteiger partial charge on any atom is 0.254 e. The van der Waals surface area contributed by atoms with Crippen LogP contribution in [0, 0.1) is 0 Å². The number of rotatable bonds is 6. The van der Waals surface area contributed by atoms with Crippen LogP contribution in [0.1, 0.15) is 60.3 Å². The Balaban J connectivity index is 1.44. The van der Waals surface area contributed by atoms with Crippen molar-refractivity contribution in [3.63, 3.8) is 0 Å². The lowest BCUT2D eigenvalue weighted by Gasteiger charge is -2.31. The molecule has 1 atom stereocenters. The van der Waals surface area contributed by atoms with Gasteiger partial charge >= 0.3 is 0 Å². The first-order valence-electron chi connectivity index (χ1n) is 10.5. The lowest BCUT2D eigenvalue weighted by molar-refractivity contribution is 0.0695. The molecule has 2 aromatic heterocycles. The van der Waals surface area contributed by atoms with E-state index in [4.69, 9.17) is 16.1 Å². The van der Waals surface area contributed by atoms with Crippen LogP contribution in [0.3, 0.4) is 0 Å². The predicted molar refractivity (Wildman–Crippen MR) is 115 cm³/mol. The fourth-order valence-electron chi connectivity index (χ4n) is 3.80. The first-order chi connectivity index (χ1) is 14.6. The van der Waals surface area contributed by atoms with Gasteiger partial charge in [0.05, 0.1) is 5.92 Å². The minimum Gasteiger partial charge on any atom is -0.339 e. The fraction of sp³-hybridized carbons (Fsp3) is 0.391. The molecule has 1 amide bonds. The monoisotopic (exact) mass is 424 g/mol. The van der Waals surface area contributed by atoms with Gasteiger partial charge in [-0.1, -0.05) is 54.4 Å². The number of amides is 1. The van der Waals surface area contributed by atoms with Gasteiger partial charge in [0.1, 0.15) is 5.15 Å². The molecule has 1 fully saturated rings. The molecule has 0 aliphatic carbocycles. The summed E-state index contributed by atoms with van der Waals surface area (Å²) < 4.78 is 5.58. The van der Waals surface area contributed by atoms with Crippen molar-refractivity contribution in [1.82, 2.24) is 20.0 Å². The molecule has 3 heterocycles. The van der Waals surface area contributed by atoms with Crippen molar-refractivity contribution in [2.75, 3.05) is 13.1 Å². The Hall–Kier alpha value is -2.73. The molecule has 1 aromatic carbocycles. The van der Waals surface area contributed by atoms with Gasteiger partial charge in [-0.3, -0.25) is 4.79 Å². The van der Waals surface area contributed by atoms with Crippen LogP contribution >= 0.6 is 11.6 Å². The number of carbonyl (C=O) groups excluding carboxylic acids is 1. The number of unbranched alkanes of at least 4 members (excludes halogenated alkanes) is 1. The lowest BCUT2D eigenvalue weighted by Crippen LogP contribution is -2.39. The second-order valence-corrected chi connectivity index (χ2v) is 8.10.